The fraction of sp³-hybridized carbons (Fsp3) is 0.550. The molecule has 0 spiro atoms. The van der Waals surface area contributed by atoms with Crippen molar-refractivity contribution in [1.29, 1.82) is 0 Å². The molecule has 0 radical (unpaired) electrons. The van der Waals surface area contributed by atoms with E-state index in [4.69, 9.17) is 0 Å². The number of nitrogens with one attached hydrogen (secondary N) is 1. The fourth-order valence-electron chi connectivity index (χ4n) is 3.54. The highest BCUT2D eigenvalue weighted by Crippen LogP contribution is 2.31. The highest BCUT2D eigenvalue weighted by Gasteiger charge is 2.49. The fourth-order valence-corrected chi connectivity index (χ4v) is 3.54. The number of hydrogen-bond acceptors (Lipinski definition) is 3. The zero-order valence-electron chi connectivity index (χ0n) is 16.0. The molecule has 4 amide bonds. The van der Waals surface area contributed by atoms with Gasteiger partial charge in [-0.25, -0.2) is 4.79 Å². The second-order valence-corrected chi connectivity index (χ2v) is 8.36. The topological polar surface area (TPSA) is 69.7 Å². The maximum absolute atomic E-state index is 12.9. The summed E-state index contributed by atoms with van der Waals surface area (Å²) in [4.78, 5) is 40.4. The van der Waals surface area contributed by atoms with E-state index in [1.165, 1.54) is 0 Å². The maximum atomic E-state index is 12.9. The molecule has 1 unspecified atom stereocenters. The van der Waals surface area contributed by atoms with Gasteiger partial charge in [-0.05, 0) is 36.3 Å². The molecule has 2 fully saturated rings. The predicted molar refractivity (Wildman–Crippen MR) is 98.6 cm³/mol. The average Bonchev–Trinajstić information content (AvgIpc) is 3.18. The lowest BCUT2D eigenvalue weighted by Crippen LogP contribution is -2.44. The molecule has 2 aliphatic heterocycles. The quantitative estimate of drug-likeness (QED) is 0.845. The predicted octanol–water partition coefficient (Wildman–Crippen LogP) is 2.37. The van der Waals surface area contributed by atoms with Crippen molar-refractivity contribution in [2.75, 3.05) is 19.6 Å². The second-order valence-electron chi connectivity index (χ2n) is 8.36. The van der Waals surface area contributed by atoms with Crippen molar-refractivity contribution >= 4 is 17.8 Å². The Labute approximate surface area is 154 Å². The monoisotopic (exact) mass is 357 g/mol. The van der Waals surface area contributed by atoms with Gasteiger partial charge in [0.15, 0.2) is 0 Å². The summed E-state index contributed by atoms with van der Waals surface area (Å²) in [5, 5.41) is 2.77. The molecule has 0 bridgehead atoms. The molecule has 0 saturated carbocycles. The SMILES string of the molecule is CC(C)(C)c1ccc(C2(C)NC(=O)N(CC(=O)N3CCCC3)C2=O)cc1. The van der Waals surface area contributed by atoms with Gasteiger partial charge in [-0.15, -0.1) is 0 Å². The average molecular weight is 357 g/mol. The number of likely N-dealkylation sites (tertiary alicyclic amines) is 1. The highest BCUT2D eigenvalue weighted by molar-refractivity contribution is 6.09. The van der Waals surface area contributed by atoms with Crippen LogP contribution in [0, 0.1) is 0 Å². The van der Waals surface area contributed by atoms with Crippen molar-refractivity contribution in [3.8, 4) is 0 Å². The van der Waals surface area contributed by atoms with Crippen molar-refractivity contribution in [2.45, 2.75) is 51.5 Å². The van der Waals surface area contributed by atoms with Crippen LogP contribution < -0.4 is 5.32 Å². The van der Waals surface area contributed by atoms with E-state index in [0.717, 1.165) is 28.9 Å². The van der Waals surface area contributed by atoms with E-state index in [0.29, 0.717) is 13.1 Å². The lowest BCUT2D eigenvalue weighted by atomic mass is 9.84. The minimum Gasteiger partial charge on any atom is -0.341 e. The number of nitrogens with zero attached hydrogens (tertiary/aromatic N) is 2. The summed E-state index contributed by atoms with van der Waals surface area (Å²) in [5.74, 6) is -0.545. The van der Waals surface area contributed by atoms with E-state index in [1.807, 2.05) is 24.3 Å². The third kappa shape index (κ3) is 3.20. The molecule has 2 saturated heterocycles. The van der Waals surface area contributed by atoms with Crippen LogP contribution >= 0.6 is 0 Å². The standard InChI is InChI=1S/C20H27N3O3/c1-19(2,3)14-7-9-15(10-8-14)20(4)17(25)23(18(26)21-20)13-16(24)22-11-5-6-12-22/h7-10H,5-6,11-13H2,1-4H3,(H,21,26). The van der Waals surface area contributed by atoms with Crippen LogP contribution in [0.5, 0.6) is 0 Å². The van der Waals surface area contributed by atoms with Gasteiger partial charge in [-0.3, -0.25) is 14.5 Å². The van der Waals surface area contributed by atoms with Crippen molar-refractivity contribution in [2.24, 2.45) is 0 Å². The lowest BCUT2D eigenvalue weighted by Gasteiger charge is -2.25. The Morgan fingerprint density at radius 2 is 1.69 bits per heavy atom. The first-order valence-corrected chi connectivity index (χ1v) is 9.16. The van der Waals surface area contributed by atoms with Gasteiger partial charge >= 0.3 is 6.03 Å². The van der Waals surface area contributed by atoms with Crippen LogP contribution in [0.25, 0.3) is 0 Å². The van der Waals surface area contributed by atoms with Crippen molar-refractivity contribution in [3.63, 3.8) is 0 Å². The molecule has 2 aliphatic rings. The summed E-state index contributed by atoms with van der Waals surface area (Å²) < 4.78 is 0. The van der Waals surface area contributed by atoms with Crippen LogP contribution in [0.15, 0.2) is 24.3 Å². The first-order chi connectivity index (χ1) is 12.1. The summed E-state index contributed by atoms with van der Waals surface area (Å²) in [6.45, 7) is 9.27. The third-order valence-corrected chi connectivity index (χ3v) is 5.36. The molecule has 6 heteroatoms. The molecule has 1 N–H and O–H groups in total. The van der Waals surface area contributed by atoms with Gasteiger partial charge in [-0.2, -0.15) is 0 Å². The van der Waals surface area contributed by atoms with Gasteiger partial charge < -0.3 is 10.2 Å². The Morgan fingerprint density at radius 3 is 2.23 bits per heavy atom. The van der Waals surface area contributed by atoms with Crippen LogP contribution in [0.1, 0.15) is 51.7 Å². The summed E-state index contributed by atoms with van der Waals surface area (Å²) >= 11 is 0. The van der Waals surface area contributed by atoms with Crippen LogP contribution in [0.4, 0.5) is 4.79 Å². The number of hydrogen-bond donors (Lipinski definition) is 1. The number of benzene rings is 1. The van der Waals surface area contributed by atoms with Gasteiger partial charge in [-0.1, -0.05) is 45.0 Å². The number of amides is 4. The smallest absolute Gasteiger partial charge is 0.325 e. The number of carbonyl (C=O) groups is 3. The van der Waals surface area contributed by atoms with Crippen LogP contribution in [0.2, 0.25) is 0 Å². The summed E-state index contributed by atoms with van der Waals surface area (Å²) in [6.07, 6.45) is 1.95. The molecule has 1 aromatic rings. The normalized spacial score (nSPS) is 23.5. The van der Waals surface area contributed by atoms with E-state index in [9.17, 15) is 14.4 Å². The molecular weight excluding hydrogens is 330 g/mol. The van der Waals surface area contributed by atoms with Crippen molar-refractivity contribution in [1.82, 2.24) is 15.1 Å². The molecule has 0 aromatic heterocycles. The van der Waals surface area contributed by atoms with E-state index in [1.54, 1.807) is 11.8 Å². The lowest BCUT2D eigenvalue weighted by molar-refractivity contribution is -0.138. The zero-order chi connectivity index (χ0) is 19.1. The van der Waals surface area contributed by atoms with Crippen LogP contribution in [-0.2, 0) is 20.5 Å². The summed E-state index contributed by atoms with van der Waals surface area (Å²) in [7, 11) is 0. The Kier molecular flexibility index (Phi) is 4.54. The number of carbonyl (C=O) groups excluding carboxylic acids is 3. The molecule has 2 heterocycles. The molecule has 0 aliphatic carbocycles. The number of urea groups is 1. The maximum Gasteiger partial charge on any atom is 0.325 e. The van der Waals surface area contributed by atoms with E-state index < -0.39 is 11.6 Å². The minimum atomic E-state index is -1.14. The number of rotatable bonds is 3. The third-order valence-electron chi connectivity index (χ3n) is 5.36. The Morgan fingerprint density at radius 1 is 1.12 bits per heavy atom. The van der Waals surface area contributed by atoms with Gasteiger partial charge in [0.2, 0.25) is 5.91 Å². The Bertz CT molecular complexity index is 730. The first kappa shape index (κ1) is 18.4. The van der Waals surface area contributed by atoms with Crippen LogP contribution in [-0.4, -0.2) is 47.3 Å². The molecule has 3 rings (SSSR count). The highest BCUT2D eigenvalue weighted by atomic mass is 16.2. The zero-order valence-corrected chi connectivity index (χ0v) is 16.0. The first-order valence-electron chi connectivity index (χ1n) is 9.16. The van der Waals surface area contributed by atoms with Gasteiger partial charge in [0, 0.05) is 13.1 Å². The molecular formula is C20H27N3O3. The Balaban J connectivity index is 1.79. The molecule has 140 valence electrons. The van der Waals surface area contributed by atoms with Crippen molar-refractivity contribution in [3.05, 3.63) is 35.4 Å². The number of imide groups is 1. The largest absolute Gasteiger partial charge is 0.341 e. The molecule has 1 aromatic carbocycles. The molecule has 6 nitrogen and oxygen atoms in total. The van der Waals surface area contributed by atoms with Gasteiger partial charge in [0.1, 0.15) is 12.1 Å². The molecule has 1 atom stereocenters. The van der Waals surface area contributed by atoms with Crippen molar-refractivity contribution < 1.29 is 14.4 Å². The van der Waals surface area contributed by atoms with Gasteiger partial charge in [0.25, 0.3) is 5.91 Å². The van der Waals surface area contributed by atoms with E-state index in [2.05, 4.69) is 26.1 Å². The van der Waals surface area contributed by atoms with Gasteiger partial charge in [0.05, 0.1) is 0 Å². The Hall–Kier alpha value is -2.37. The van der Waals surface area contributed by atoms with Crippen LogP contribution in [0.3, 0.4) is 0 Å². The minimum absolute atomic E-state index is 0.0105. The summed E-state index contributed by atoms with van der Waals surface area (Å²) in [5.41, 5.74) is 0.748. The van der Waals surface area contributed by atoms with E-state index in [-0.39, 0.29) is 23.8 Å². The molecule has 26 heavy (non-hydrogen) atoms. The second kappa shape index (κ2) is 6.41. The summed E-state index contributed by atoms with van der Waals surface area (Å²) in [6, 6.07) is 7.22. The van der Waals surface area contributed by atoms with E-state index >= 15 is 0 Å².